The Morgan fingerprint density at radius 1 is 1.06 bits per heavy atom. The Bertz CT molecular complexity index is 1090. The minimum Gasteiger partial charge on any atom is -0.507 e. The Morgan fingerprint density at radius 3 is 2.31 bits per heavy atom. The third-order valence-electron chi connectivity index (χ3n) is 5.77. The number of aliphatic hydroxyl groups is 1. The zero-order valence-electron chi connectivity index (χ0n) is 21.2. The zero-order valence-corrected chi connectivity index (χ0v) is 21.2. The molecule has 2 aromatic rings. The monoisotopic (exact) mass is 482 g/mol. The van der Waals surface area contributed by atoms with Crippen molar-refractivity contribution in [2.24, 2.45) is 0 Å². The summed E-state index contributed by atoms with van der Waals surface area (Å²) in [6, 6.07) is 11.3. The quantitative estimate of drug-likeness (QED) is 0.312. The number of carbonyl (C=O) groups excluding carboxylic acids is 2. The molecule has 1 fully saturated rings. The van der Waals surface area contributed by atoms with Gasteiger partial charge in [-0.15, -0.1) is 0 Å². The van der Waals surface area contributed by atoms with Crippen molar-refractivity contribution in [3.63, 3.8) is 0 Å². The number of Topliss-reactive ketones (excluding diaryl/α,β-unsaturated/α-hetero) is 1. The largest absolute Gasteiger partial charge is 0.507 e. The van der Waals surface area contributed by atoms with Gasteiger partial charge in [0.25, 0.3) is 11.7 Å². The van der Waals surface area contributed by atoms with Crippen molar-refractivity contribution >= 4 is 17.4 Å². The van der Waals surface area contributed by atoms with Gasteiger partial charge in [0.1, 0.15) is 11.5 Å². The molecule has 0 spiro atoms. The van der Waals surface area contributed by atoms with E-state index >= 15 is 0 Å². The molecular weight excluding hydrogens is 448 g/mol. The van der Waals surface area contributed by atoms with Crippen LogP contribution in [0.4, 0.5) is 0 Å². The van der Waals surface area contributed by atoms with E-state index in [-0.39, 0.29) is 17.4 Å². The van der Waals surface area contributed by atoms with E-state index in [2.05, 4.69) is 0 Å². The molecule has 0 saturated carbocycles. The normalized spacial score (nSPS) is 17.4. The molecule has 0 radical (unpaired) electrons. The topological polar surface area (TPSA) is 88.5 Å². The van der Waals surface area contributed by atoms with Crippen LogP contribution in [0.25, 0.3) is 5.76 Å². The highest BCUT2D eigenvalue weighted by Crippen LogP contribution is 2.45. The lowest BCUT2D eigenvalue weighted by molar-refractivity contribution is -0.140. The summed E-state index contributed by atoms with van der Waals surface area (Å²) < 4.78 is 16.8. The molecule has 1 amide bonds. The van der Waals surface area contributed by atoms with E-state index in [1.165, 1.54) is 19.1 Å². The van der Waals surface area contributed by atoms with Crippen LogP contribution in [0.3, 0.4) is 0 Å². The van der Waals surface area contributed by atoms with Gasteiger partial charge in [-0.25, -0.2) is 0 Å². The fraction of sp³-hybridized carbons (Fsp3) is 0.407. The second-order valence-corrected chi connectivity index (χ2v) is 8.92. The van der Waals surface area contributed by atoms with Gasteiger partial charge in [0.2, 0.25) is 0 Å². The lowest BCUT2D eigenvalue weighted by Crippen LogP contribution is -2.32. The summed E-state index contributed by atoms with van der Waals surface area (Å²) in [7, 11) is 6.93. The SMILES string of the molecule is COc1cccc([C@H]2C(=C(O)c3ccc(OC(C)C)cc3)C(=O)C(=O)N2CCCN(C)C)c1OC. The Kier molecular flexibility index (Phi) is 8.40. The predicted octanol–water partition coefficient (Wildman–Crippen LogP) is 3.86. The van der Waals surface area contributed by atoms with E-state index in [1.54, 1.807) is 42.5 Å². The number of hydrogen-bond acceptors (Lipinski definition) is 7. The first-order chi connectivity index (χ1) is 16.7. The molecule has 188 valence electrons. The highest BCUT2D eigenvalue weighted by atomic mass is 16.5. The van der Waals surface area contributed by atoms with Crippen LogP contribution in [0.15, 0.2) is 48.0 Å². The number of hydrogen-bond donors (Lipinski definition) is 1. The molecule has 1 saturated heterocycles. The molecule has 1 atom stereocenters. The number of methoxy groups -OCH3 is 2. The number of rotatable bonds is 10. The standard InChI is InChI=1S/C27H34N2O6/c1-17(2)35-19-13-11-18(12-14-19)24(30)22-23(20-9-7-10-21(33-5)26(20)34-6)29(27(32)25(22)31)16-8-15-28(3)4/h7,9-14,17,23,30H,8,15-16H2,1-6H3/t23-/m0/s1. The lowest BCUT2D eigenvalue weighted by atomic mass is 9.94. The molecular formula is C27H34N2O6. The molecule has 1 aliphatic rings. The Morgan fingerprint density at radius 2 is 1.74 bits per heavy atom. The van der Waals surface area contributed by atoms with Crippen LogP contribution in [-0.4, -0.2) is 74.1 Å². The molecule has 1 aliphatic heterocycles. The summed E-state index contributed by atoms with van der Waals surface area (Å²) in [5.41, 5.74) is 1.00. The summed E-state index contributed by atoms with van der Waals surface area (Å²) in [6.45, 7) is 4.92. The van der Waals surface area contributed by atoms with E-state index in [0.29, 0.717) is 41.3 Å². The Hall–Kier alpha value is -3.52. The highest BCUT2D eigenvalue weighted by Gasteiger charge is 2.47. The molecule has 3 rings (SSSR count). The summed E-state index contributed by atoms with van der Waals surface area (Å²) in [5.74, 6) is -0.106. The first-order valence-corrected chi connectivity index (χ1v) is 11.6. The van der Waals surface area contributed by atoms with Crippen molar-refractivity contribution < 1.29 is 28.9 Å². The number of benzene rings is 2. The predicted molar refractivity (Wildman–Crippen MR) is 134 cm³/mol. The van der Waals surface area contributed by atoms with Gasteiger partial charge < -0.3 is 29.1 Å². The van der Waals surface area contributed by atoms with E-state index in [9.17, 15) is 14.7 Å². The van der Waals surface area contributed by atoms with Gasteiger partial charge in [-0.2, -0.15) is 0 Å². The van der Waals surface area contributed by atoms with Crippen LogP contribution in [-0.2, 0) is 9.59 Å². The smallest absolute Gasteiger partial charge is 0.295 e. The van der Waals surface area contributed by atoms with Gasteiger partial charge in [0.15, 0.2) is 11.5 Å². The number of amides is 1. The number of para-hydroxylation sites is 1. The van der Waals surface area contributed by atoms with Gasteiger partial charge >= 0.3 is 0 Å². The van der Waals surface area contributed by atoms with Gasteiger partial charge in [-0.1, -0.05) is 12.1 Å². The Balaban J connectivity index is 2.14. The lowest BCUT2D eigenvalue weighted by Gasteiger charge is -2.27. The number of likely N-dealkylation sites (tertiary alicyclic amines) is 1. The maximum atomic E-state index is 13.3. The van der Waals surface area contributed by atoms with E-state index in [1.807, 2.05) is 32.8 Å². The van der Waals surface area contributed by atoms with Crippen LogP contribution >= 0.6 is 0 Å². The van der Waals surface area contributed by atoms with E-state index in [0.717, 1.165) is 6.54 Å². The third kappa shape index (κ3) is 5.59. The van der Waals surface area contributed by atoms with Crippen molar-refractivity contribution in [3.8, 4) is 17.2 Å². The van der Waals surface area contributed by atoms with Gasteiger partial charge in [0.05, 0.1) is 31.9 Å². The highest BCUT2D eigenvalue weighted by molar-refractivity contribution is 6.46. The molecule has 0 aromatic heterocycles. The van der Waals surface area contributed by atoms with Gasteiger partial charge in [-0.05, 0) is 71.2 Å². The van der Waals surface area contributed by atoms with E-state index in [4.69, 9.17) is 14.2 Å². The van der Waals surface area contributed by atoms with Crippen LogP contribution in [0.1, 0.15) is 37.4 Å². The molecule has 8 heteroatoms. The molecule has 2 aromatic carbocycles. The van der Waals surface area contributed by atoms with Crippen LogP contribution in [0.2, 0.25) is 0 Å². The zero-order chi connectivity index (χ0) is 25.7. The second kappa shape index (κ2) is 11.3. The molecule has 1 N–H and O–H groups in total. The first kappa shape index (κ1) is 26.1. The van der Waals surface area contributed by atoms with Gasteiger partial charge in [-0.3, -0.25) is 9.59 Å². The molecule has 1 heterocycles. The van der Waals surface area contributed by atoms with Gasteiger partial charge in [0, 0.05) is 17.7 Å². The fourth-order valence-electron chi connectivity index (χ4n) is 4.24. The second-order valence-electron chi connectivity index (χ2n) is 8.92. The van der Waals surface area contributed by atoms with Crippen molar-refractivity contribution in [2.75, 3.05) is 41.4 Å². The third-order valence-corrected chi connectivity index (χ3v) is 5.77. The number of nitrogens with zero attached hydrogens (tertiary/aromatic N) is 2. The van der Waals surface area contributed by atoms with Crippen LogP contribution in [0, 0.1) is 0 Å². The van der Waals surface area contributed by atoms with Crippen molar-refractivity contribution in [1.29, 1.82) is 0 Å². The Labute approximate surface area is 206 Å². The fourth-order valence-corrected chi connectivity index (χ4v) is 4.24. The number of ketones is 1. The molecule has 0 aliphatic carbocycles. The minimum atomic E-state index is -0.825. The summed E-state index contributed by atoms with van der Waals surface area (Å²) in [4.78, 5) is 29.9. The van der Waals surface area contributed by atoms with Crippen LogP contribution < -0.4 is 14.2 Å². The van der Waals surface area contributed by atoms with Crippen LogP contribution in [0.5, 0.6) is 17.2 Å². The minimum absolute atomic E-state index is 0.00228. The van der Waals surface area contributed by atoms with Crippen molar-refractivity contribution in [2.45, 2.75) is 32.4 Å². The summed E-state index contributed by atoms with van der Waals surface area (Å²) in [5, 5.41) is 11.3. The molecule has 8 nitrogen and oxygen atoms in total. The summed E-state index contributed by atoms with van der Waals surface area (Å²) in [6.07, 6.45) is 0.659. The maximum Gasteiger partial charge on any atom is 0.295 e. The first-order valence-electron chi connectivity index (χ1n) is 11.6. The average Bonchev–Trinajstić information content (AvgIpc) is 3.07. The average molecular weight is 483 g/mol. The summed E-state index contributed by atoms with van der Waals surface area (Å²) >= 11 is 0. The number of ether oxygens (including phenoxy) is 3. The number of carbonyl (C=O) groups is 2. The molecule has 0 bridgehead atoms. The van der Waals surface area contributed by atoms with Crippen molar-refractivity contribution in [1.82, 2.24) is 9.80 Å². The molecule has 35 heavy (non-hydrogen) atoms. The maximum absolute atomic E-state index is 13.3. The van der Waals surface area contributed by atoms with E-state index < -0.39 is 17.7 Å². The molecule has 0 unspecified atom stereocenters. The number of aliphatic hydroxyl groups excluding tert-OH is 1. The van der Waals surface area contributed by atoms with Crippen molar-refractivity contribution in [3.05, 3.63) is 59.2 Å².